The minimum Gasteiger partial charge on any atom is -0.370 e. The van der Waals surface area contributed by atoms with E-state index >= 15 is 0 Å². The minimum absolute atomic E-state index is 0. The lowest BCUT2D eigenvalue weighted by Crippen LogP contribution is -2.23. The quantitative estimate of drug-likeness (QED) is 0.437. The first-order valence-corrected chi connectivity index (χ1v) is 7.36. The van der Waals surface area contributed by atoms with Crippen molar-refractivity contribution in [2.45, 2.75) is 26.2 Å². The Morgan fingerprint density at radius 1 is 1.09 bits per heavy atom. The average Bonchev–Trinajstić information content (AvgIpc) is 2.48. The summed E-state index contributed by atoms with van der Waals surface area (Å²) in [5.74, 6) is 0.967. The predicted octanol–water partition coefficient (Wildman–Crippen LogP) is 4.40. The van der Waals surface area contributed by atoms with E-state index in [1.165, 1.54) is 11.1 Å². The summed E-state index contributed by atoms with van der Waals surface area (Å²) in [6.45, 7) is 5.04. The van der Waals surface area contributed by atoms with Crippen LogP contribution in [0.15, 0.2) is 59.6 Å². The fourth-order valence-corrected chi connectivity index (χ4v) is 2.11. The highest BCUT2D eigenvalue weighted by molar-refractivity contribution is 14.0. The summed E-state index contributed by atoms with van der Waals surface area (Å²) in [6.07, 6.45) is 0.898. The molecule has 0 aliphatic heterocycles. The van der Waals surface area contributed by atoms with Crippen molar-refractivity contribution in [3.05, 3.63) is 65.7 Å². The summed E-state index contributed by atoms with van der Waals surface area (Å²) in [6, 6.07) is 18.6. The molecule has 0 amide bonds. The van der Waals surface area contributed by atoms with E-state index in [1.54, 1.807) is 0 Å². The molecule has 0 radical (unpaired) electrons. The van der Waals surface area contributed by atoms with Gasteiger partial charge in [0.2, 0.25) is 0 Å². The van der Waals surface area contributed by atoms with E-state index in [0.717, 1.165) is 12.1 Å². The number of nitrogens with one attached hydrogen (secondary N) is 1. The van der Waals surface area contributed by atoms with E-state index in [0.29, 0.717) is 18.4 Å². The van der Waals surface area contributed by atoms with E-state index in [9.17, 15) is 0 Å². The molecule has 0 atom stereocenters. The molecule has 0 spiro atoms. The molecule has 22 heavy (non-hydrogen) atoms. The summed E-state index contributed by atoms with van der Waals surface area (Å²) in [4.78, 5) is 4.37. The third kappa shape index (κ3) is 6.05. The largest absolute Gasteiger partial charge is 0.370 e. The number of halogens is 1. The maximum Gasteiger partial charge on any atom is 0.193 e. The molecular weight excluding hydrogens is 385 g/mol. The molecule has 0 fully saturated rings. The Bertz CT molecular complexity index is 594. The predicted molar refractivity (Wildman–Crippen MR) is 106 cm³/mol. The number of aliphatic imine (C=N–C) groups is 1. The van der Waals surface area contributed by atoms with Crippen molar-refractivity contribution in [1.29, 1.82) is 0 Å². The van der Waals surface area contributed by atoms with Crippen molar-refractivity contribution in [2.24, 2.45) is 10.7 Å². The normalized spacial score (nSPS) is 11.1. The maximum absolute atomic E-state index is 5.93. The summed E-state index contributed by atoms with van der Waals surface area (Å²) in [7, 11) is 0. The molecule has 0 saturated heterocycles. The Kier molecular flexibility index (Phi) is 7.95. The highest BCUT2D eigenvalue weighted by Crippen LogP contribution is 2.18. The van der Waals surface area contributed by atoms with Crippen molar-refractivity contribution in [2.75, 3.05) is 11.9 Å². The van der Waals surface area contributed by atoms with Gasteiger partial charge in [0.25, 0.3) is 0 Å². The van der Waals surface area contributed by atoms with Crippen LogP contribution >= 0.6 is 24.0 Å². The van der Waals surface area contributed by atoms with Crippen LogP contribution in [-0.2, 0) is 6.42 Å². The Hall–Kier alpha value is -1.56. The first kappa shape index (κ1) is 18.5. The minimum atomic E-state index is 0. The number of hydrogen-bond acceptors (Lipinski definition) is 1. The highest BCUT2D eigenvalue weighted by Gasteiger charge is 2.01. The summed E-state index contributed by atoms with van der Waals surface area (Å²) >= 11 is 0. The maximum atomic E-state index is 5.93. The van der Waals surface area contributed by atoms with Gasteiger partial charge in [-0.3, -0.25) is 4.99 Å². The molecule has 0 saturated carbocycles. The van der Waals surface area contributed by atoms with Crippen molar-refractivity contribution in [1.82, 2.24) is 0 Å². The molecule has 118 valence electrons. The zero-order chi connectivity index (χ0) is 15.1. The van der Waals surface area contributed by atoms with Crippen LogP contribution in [0.1, 0.15) is 30.9 Å². The Morgan fingerprint density at radius 3 is 2.50 bits per heavy atom. The van der Waals surface area contributed by atoms with E-state index in [1.807, 2.05) is 30.3 Å². The zero-order valence-electron chi connectivity index (χ0n) is 13.1. The molecule has 0 heterocycles. The smallest absolute Gasteiger partial charge is 0.193 e. The fourth-order valence-electron chi connectivity index (χ4n) is 2.11. The van der Waals surface area contributed by atoms with Gasteiger partial charge in [0, 0.05) is 12.2 Å². The number of hydrogen-bond donors (Lipinski definition) is 2. The standard InChI is InChI=1S/C18H23N3.HI/c1-14(2)16-9-6-10-17(13-16)21-18(19)20-12-11-15-7-4-3-5-8-15;/h3-10,13-14H,11-12H2,1-2H3,(H3,19,20,21);1H. The summed E-state index contributed by atoms with van der Waals surface area (Å²) in [5, 5.41) is 3.15. The van der Waals surface area contributed by atoms with E-state index < -0.39 is 0 Å². The molecule has 0 aliphatic rings. The SMILES string of the molecule is CC(C)c1cccc(NC(N)=NCCc2ccccc2)c1.I. The number of guanidine groups is 1. The fraction of sp³-hybridized carbons (Fsp3) is 0.278. The number of benzene rings is 2. The van der Waals surface area contributed by atoms with Gasteiger partial charge in [-0.25, -0.2) is 0 Å². The Balaban J connectivity index is 0.00000242. The lowest BCUT2D eigenvalue weighted by atomic mass is 10.0. The lowest BCUT2D eigenvalue weighted by Gasteiger charge is -2.10. The Morgan fingerprint density at radius 2 is 1.82 bits per heavy atom. The van der Waals surface area contributed by atoms with Gasteiger partial charge in [-0.15, -0.1) is 24.0 Å². The van der Waals surface area contributed by atoms with Crippen LogP contribution in [0.3, 0.4) is 0 Å². The second kappa shape index (κ2) is 9.46. The van der Waals surface area contributed by atoms with E-state index in [2.05, 4.69) is 48.4 Å². The van der Waals surface area contributed by atoms with Gasteiger partial charge in [0.15, 0.2) is 5.96 Å². The molecule has 4 heteroatoms. The second-order valence-electron chi connectivity index (χ2n) is 5.41. The molecule has 0 aliphatic carbocycles. The van der Waals surface area contributed by atoms with Gasteiger partial charge in [-0.1, -0.05) is 56.3 Å². The van der Waals surface area contributed by atoms with Crippen LogP contribution in [0.4, 0.5) is 5.69 Å². The molecular formula is C18H24IN3. The number of nitrogens with two attached hydrogens (primary N) is 1. The molecule has 2 aromatic carbocycles. The van der Waals surface area contributed by atoms with Crippen LogP contribution in [0.25, 0.3) is 0 Å². The van der Waals surface area contributed by atoms with Gasteiger partial charge in [0.05, 0.1) is 0 Å². The van der Waals surface area contributed by atoms with Crippen molar-refractivity contribution in [3.8, 4) is 0 Å². The number of rotatable bonds is 5. The van der Waals surface area contributed by atoms with Gasteiger partial charge < -0.3 is 11.1 Å². The van der Waals surface area contributed by atoms with Crippen LogP contribution in [0, 0.1) is 0 Å². The van der Waals surface area contributed by atoms with Gasteiger partial charge in [-0.2, -0.15) is 0 Å². The highest BCUT2D eigenvalue weighted by atomic mass is 127. The van der Waals surface area contributed by atoms with Crippen LogP contribution in [-0.4, -0.2) is 12.5 Å². The summed E-state index contributed by atoms with van der Waals surface area (Å²) in [5.41, 5.74) is 9.49. The van der Waals surface area contributed by atoms with E-state index in [-0.39, 0.29) is 24.0 Å². The van der Waals surface area contributed by atoms with Gasteiger partial charge >= 0.3 is 0 Å². The first-order chi connectivity index (χ1) is 10.1. The third-order valence-corrected chi connectivity index (χ3v) is 3.35. The van der Waals surface area contributed by atoms with Crippen molar-refractivity contribution < 1.29 is 0 Å². The number of anilines is 1. The Labute approximate surface area is 150 Å². The number of nitrogens with zero attached hydrogens (tertiary/aromatic N) is 1. The van der Waals surface area contributed by atoms with E-state index in [4.69, 9.17) is 5.73 Å². The topological polar surface area (TPSA) is 50.4 Å². The second-order valence-corrected chi connectivity index (χ2v) is 5.41. The van der Waals surface area contributed by atoms with Crippen LogP contribution in [0.5, 0.6) is 0 Å². The molecule has 3 N–H and O–H groups in total. The van der Waals surface area contributed by atoms with Crippen molar-refractivity contribution >= 4 is 35.6 Å². The van der Waals surface area contributed by atoms with Crippen LogP contribution in [0.2, 0.25) is 0 Å². The van der Waals surface area contributed by atoms with Gasteiger partial charge in [-0.05, 0) is 35.6 Å². The molecule has 2 aromatic rings. The van der Waals surface area contributed by atoms with Crippen molar-refractivity contribution in [3.63, 3.8) is 0 Å². The summed E-state index contributed by atoms with van der Waals surface area (Å²) < 4.78 is 0. The molecule has 2 rings (SSSR count). The van der Waals surface area contributed by atoms with Crippen LogP contribution < -0.4 is 11.1 Å². The molecule has 0 bridgehead atoms. The van der Waals surface area contributed by atoms with Gasteiger partial charge in [0.1, 0.15) is 0 Å². The molecule has 0 aromatic heterocycles. The first-order valence-electron chi connectivity index (χ1n) is 7.36. The molecule has 3 nitrogen and oxygen atoms in total. The zero-order valence-corrected chi connectivity index (χ0v) is 15.5. The average molecular weight is 409 g/mol. The lowest BCUT2D eigenvalue weighted by molar-refractivity contribution is 0.867. The third-order valence-electron chi connectivity index (χ3n) is 3.35. The molecule has 0 unspecified atom stereocenters. The monoisotopic (exact) mass is 409 g/mol.